The number of hydrogen-bond donors (Lipinski definition) is 1. The van der Waals surface area contributed by atoms with E-state index in [1.54, 1.807) is 24.3 Å². The van der Waals surface area contributed by atoms with E-state index in [2.05, 4.69) is 11.4 Å². The van der Waals surface area contributed by atoms with Crippen molar-refractivity contribution in [2.24, 2.45) is 5.92 Å². The van der Waals surface area contributed by atoms with E-state index in [4.69, 9.17) is 11.6 Å². The second kappa shape index (κ2) is 7.65. The summed E-state index contributed by atoms with van der Waals surface area (Å²) < 4.78 is 0. The predicted octanol–water partition coefficient (Wildman–Crippen LogP) is 5.21. The number of nitrogens with one attached hydrogen (secondary N) is 1. The molecule has 3 aliphatic rings. The number of amides is 1. The molecular formula is C29H23ClN2O3. The van der Waals surface area contributed by atoms with Crippen LogP contribution in [0.2, 0.25) is 5.02 Å². The van der Waals surface area contributed by atoms with Gasteiger partial charge in [-0.1, -0.05) is 65.7 Å². The van der Waals surface area contributed by atoms with Crippen LogP contribution in [0.15, 0.2) is 72.8 Å². The largest absolute Gasteiger partial charge is 0.352 e. The van der Waals surface area contributed by atoms with Gasteiger partial charge in [0.1, 0.15) is 5.41 Å². The van der Waals surface area contributed by atoms with E-state index in [0.717, 1.165) is 22.4 Å². The summed E-state index contributed by atoms with van der Waals surface area (Å²) in [6, 6.07) is 18.9. The topological polar surface area (TPSA) is 66.5 Å². The Morgan fingerprint density at radius 1 is 1.03 bits per heavy atom. The van der Waals surface area contributed by atoms with Crippen molar-refractivity contribution < 1.29 is 14.4 Å². The molecule has 4 atom stereocenters. The Labute approximate surface area is 208 Å². The minimum absolute atomic E-state index is 0.170. The van der Waals surface area contributed by atoms with Crippen molar-refractivity contribution in [3.63, 3.8) is 0 Å². The second-order valence-corrected chi connectivity index (χ2v) is 9.93. The molecule has 174 valence electrons. The fourth-order valence-electron chi connectivity index (χ4n) is 6.28. The minimum atomic E-state index is -1.29. The van der Waals surface area contributed by atoms with Crippen LogP contribution in [-0.4, -0.2) is 29.6 Å². The van der Waals surface area contributed by atoms with Gasteiger partial charge in [0, 0.05) is 16.9 Å². The quantitative estimate of drug-likeness (QED) is 0.520. The molecule has 3 aromatic carbocycles. The minimum Gasteiger partial charge on any atom is -0.352 e. The summed E-state index contributed by atoms with van der Waals surface area (Å²) in [7, 11) is 0. The fourth-order valence-corrected chi connectivity index (χ4v) is 6.51. The highest BCUT2D eigenvalue weighted by Crippen LogP contribution is 2.57. The van der Waals surface area contributed by atoms with Crippen LogP contribution in [0.25, 0.3) is 6.08 Å². The lowest BCUT2D eigenvalue weighted by molar-refractivity contribution is -0.122. The zero-order valence-electron chi connectivity index (χ0n) is 19.3. The van der Waals surface area contributed by atoms with E-state index in [0.29, 0.717) is 16.3 Å². The Bertz CT molecular complexity index is 1460. The van der Waals surface area contributed by atoms with Crippen LogP contribution < -0.4 is 10.2 Å². The normalized spacial score (nSPS) is 25.7. The SMILES string of the molecule is CC(=O)[C@@H]1[C@H](C(=O)c2ccccc2Cl)[C@]2(C(=O)Nc3ccccc32)[C@H]2C=Cc3cc(C)ccc3N12. The molecule has 1 fully saturated rings. The number of hydrogen-bond acceptors (Lipinski definition) is 4. The molecule has 0 aromatic heterocycles. The summed E-state index contributed by atoms with van der Waals surface area (Å²) in [5.74, 6) is -1.72. The third-order valence-corrected chi connectivity index (χ3v) is 7.96. The maximum atomic E-state index is 14.3. The fraction of sp³-hybridized carbons (Fsp3) is 0.207. The number of halogens is 1. The van der Waals surface area contributed by atoms with Gasteiger partial charge >= 0.3 is 0 Å². The Morgan fingerprint density at radius 3 is 2.54 bits per heavy atom. The summed E-state index contributed by atoms with van der Waals surface area (Å²) in [5.41, 5.74) is 3.32. The molecule has 1 amide bonds. The number of Topliss-reactive ketones (excluding diaryl/α,β-unsaturated/α-hetero) is 2. The molecule has 3 heterocycles. The lowest BCUT2D eigenvalue weighted by atomic mass is 9.64. The number of fused-ring (bicyclic) bond motifs is 6. The maximum Gasteiger partial charge on any atom is 0.238 e. The summed E-state index contributed by atoms with van der Waals surface area (Å²) >= 11 is 6.47. The summed E-state index contributed by atoms with van der Waals surface area (Å²) in [6.07, 6.45) is 3.97. The Hall–Kier alpha value is -3.70. The number of rotatable bonds is 3. The number of aryl methyl sites for hydroxylation is 1. The van der Waals surface area contributed by atoms with Crippen LogP contribution in [-0.2, 0) is 15.0 Å². The van der Waals surface area contributed by atoms with Crippen LogP contribution in [0.5, 0.6) is 0 Å². The van der Waals surface area contributed by atoms with Crippen LogP contribution in [0.4, 0.5) is 11.4 Å². The molecule has 1 spiro atoms. The van der Waals surface area contributed by atoms with Crippen molar-refractivity contribution in [1.82, 2.24) is 0 Å². The van der Waals surface area contributed by atoms with Crippen LogP contribution >= 0.6 is 11.6 Å². The molecule has 0 saturated carbocycles. The van der Waals surface area contributed by atoms with E-state index < -0.39 is 23.4 Å². The van der Waals surface area contributed by atoms with Gasteiger partial charge in [0.15, 0.2) is 11.6 Å². The molecule has 5 nitrogen and oxygen atoms in total. The van der Waals surface area contributed by atoms with E-state index in [9.17, 15) is 14.4 Å². The molecule has 3 aromatic rings. The molecule has 35 heavy (non-hydrogen) atoms. The number of benzene rings is 3. The zero-order chi connectivity index (χ0) is 24.5. The summed E-state index contributed by atoms with van der Waals surface area (Å²) in [4.78, 5) is 43.7. The van der Waals surface area contributed by atoms with Gasteiger partial charge in [0.2, 0.25) is 5.91 Å². The molecule has 0 radical (unpaired) electrons. The third-order valence-electron chi connectivity index (χ3n) is 7.63. The van der Waals surface area contributed by atoms with Gasteiger partial charge < -0.3 is 10.2 Å². The average molecular weight is 483 g/mol. The molecule has 3 aliphatic heterocycles. The molecule has 0 unspecified atom stereocenters. The van der Waals surface area contributed by atoms with Crippen molar-refractivity contribution >= 4 is 46.5 Å². The van der Waals surface area contributed by atoms with Crippen molar-refractivity contribution in [2.45, 2.75) is 31.3 Å². The van der Waals surface area contributed by atoms with Crippen molar-refractivity contribution in [3.05, 3.63) is 100 Å². The van der Waals surface area contributed by atoms with E-state index in [1.807, 2.05) is 60.4 Å². The number of carbonyl (C=O) groups is 3. The van der Waals surface area contributed by atoms with E-state index in [-0.39, 0.29) is 17.5 Å². The smallest absolute Gasteiger partial charge is 0.238 e. The molecular weight excluding hydrogens is 460 g/mol. The first kappa shape index (κ1) is 21.8. The highest BCUT2D eigenvalue weighted by molar-refractivity contribution is 6.34. The highest BCUT2D eigenvalue weighted by Gasteiger charge is 2.69. The molecule has 0 bridgehead atoms. The molecule has 1 saturated heterocycles. The molecule has 1 N–H and O–H groups in total. The van der Waals surface area contributed by atoms with Gasteiger partial charge in [-0.05, 0) is 55.3 Å². The van der Waals surface area contributed by atoms with Gasteiger partial charge in [-0.2, -0.15) is 0 Å². The summed E-state index contributed by atoms with van der Waals surface area (Å²) in [6.45, 7) is 3.51. The van der Waals surface area contributed by atoms with Gasteiger partial charge in [-0.15, -0.1) is 0 Å². The van der Waals surface area contributed by atoms with E-state index in [1.165, 1.54) is 6.92 Å². The lowest BCUT2D eigenvalue weighted by Gasteiger charge is -2.37. The van der Waals surface area contributed by atoms with Gasteiger partial charge in [-0.25, -0.2) is 0 Å². The van der Waals surface area contributed by atoms with Crippen molar-refractivity contribution in [3.8, 4) is 0 Å². The van der Waals surface area contributed by atoms with Gasteiger partial charge in [0.05, 0.1) is 23.0 Å². The van der Waals surface area contributed by atoms with Crippen LogP contribution in [0.3, 0.4) is 0 Å². The standard InChI is InChI=1S/C29H23ClN2O3/c1-16-11-13-23-18(15-16)12-14-24-29(20-8-4-6-10-22(20)31-28(29)35)25(26(17(2)33)32(23)24)27(34)19-7-3-5-9-21(19)30/h3-15,24-26H,1-2H3,(H,31,35)/t24-,25-,26-,29-/m1/s1. The van der Waals surface area contributed by atoms with Gasteiger partial charge in [-0.3, -0.25) is 14.4 Å². The number of nitrogens with zero attached hydrogens (tertiary/aromatic N) is 1. The van der Waals surface area contributed by atoms with Crippen molar-refractivity contribution in [1.29, 1.82) is 0 Å². The monoisotopic (exact) mass is 482 g/mol. The van der Waals surface area contributed by atoms with Crippen LogP contribution in [0.1, 0.15) is 34.0 Å². The third kappa shape index (κ3) is 2.85. The van der Waals surface area contributed by atoms with Crippen molar-refractivity contribution in [2.75, 3.05) is 10.2 Å². The number of para-hydroxylation sites is 1. The molecule has 6 heteroatoms. The zero-order valence-corrected chi connectivity index (χ0v) is 20.0. The molecule has 0 aliphatic carbocycles. The number of carbonyl (C=O) groups excluding carboxylic acids is 3. The second-order valence-electron chi connectivity index (χ2n) is 9.52. The first-order valence-electron chi connectivity index (χ1n) is 11.6. The highest BCUT2D eigenvalue weighted by atomic mass is 35.5. The summed E-state index contributed by atoms with van der Waals surface area (Å²) in [5, 5.41) is 3.31. The predicted molar refractivity (Wildman–Crippen MR) is 137 cm³/mol. The maximum absolute atomic E-state index is 14.3. The van der Waals surface area contributed by atoms with Gasteiger partial charge in [0.25, 0.3) is 0 Å². The van der Waals surface area contributed by atoms with Crippen LogP contribution in [0, 0.1) is 12.8 Å². The number of ketones is 2. The Kier molecular flexibility index (Phi) is 4.77. The average Bonchev–Trinajstić information content (AvgIpc) is 3.32. The Morgan fingerprint density at radius 2 is 1.77 bits per heavy atom. The Balaban J connectivity index is 1.67. The first-order chi connectivity index (χ1) is 16.9. The lowest BCUT2D eigenvalue weighted by Crippen LogP contribution is -2.51. The van der Waals surface area contributed by atoms with E-state index >= 15 is 0 Å². The number of anilines is 2. The molecule has 6 rings (SSSR count). The first-order valence-corrected chi connectivity index (χ1v) is 12.0.